The van der Waals surface area contributed by atoms with Crippen molar-refractivity contribution in [1.29, 1.82) is 0 Å². The van der Waals surface area contributed by atoms with Crippen LogP contribution in [0.2, 0.25) is 0 Å². The summed E-state index contributed by atoms with van der Waals surface area (Å²) in [6.45, 7) is 4.35. The lowest BCUT2D eigenvalue weighted by Gasteiger charge is -2.04. The minimum absolute atomic E-state index is 0.559. The Morgan fingerprint density at radius 3 is 2.82 bits per heavy atom. The molecule has 0 bridgehead atoms. The van der Waals surface area contributed by atoms with E-state index in [-0.39, 0.29) is 0 Å². The zero-order valence-electron chi connectivity index (χ0n) is 6.53. The maximum Gasteiger partial charge on any atom is 0.195 e. The molecule has 1 aromatic heterocycles. The smallest absolute Gasteiger partial charge is 0.195 e. The van der Waals surface area contributed by atoms with Gasteiger partial charge in [0.15, 0.2) is 10.6 Å². The Kier molecular flexibility index (Phi) is 2.41. The average molecular weight is 173 g/mol. The second kappa shape index (κ2) is 3.15. The van der Waals surface area contributed by atoms with Gasteiger partial charge in [-0.15, -0.1) is 0 Å². The number of aliphatic hydroxyl groups is 1. The number of rotatable bonds is 2. The molecule has 0 spiro atoms. The summed E-state index contributed by atoms with van der Waals surface area (Å²) in [6, 6.07) is 0. The van der Waals surface area contributed by atoms with E-state index >= 15 is 0 Å². The van der Waals surface area contributed by atoms with E-state index in [1.54, 1.807) is 11.5 Å². The quantitative estimate of drug-likeness (QED) is 0.656. The molecule has 0 aliphatic carbocycles. The van der Waals surface area contributed by atoms with Crippen molar-refractivity contribution in [3.05, 3.63) is 10.6 Å². The molecule has 0 saturated heterocycles. The van der Waals surface area contributed by atoms with E-state index in [0.29, 0.717) is 10.6 Å². The van der Waals surface area contributed by atoms with E-state index in [0.717, 1.165) is 6.54 Å². The standard InChI is InChI=1S/C6H11N3OS/c1-3-9-5(4(2)10)7-8-6(9)11/h4,10H,3H2,1-2H3,(H,8,11)/t4-/m0/s1. The molecule has 4 nitrogen and oxygen atoms in total. The molecule has 0 amide bonds. The van der Waals surface area contributed by atoms with Gasteiger partial charge in [-0.3, -0.25) is 5.10 Å². The highest BCUT2D eigenvalue weighted by Crippen LogP contribution is 2.08. The molecule has 0 fully saturated rings. The van der Waals surface area contributed by atoms with Gasteiger partial charge in [0.05, 0.1) is 0 Å². The zero-order valence-corrected chi connectivity index (χ0v) is 7.35. The lowest BCUT2D eigenvalue weighted by Crippen LogP contribution is -2.04. The van der Waals surface area contributed by atoms with Crippen LogP contribution in [0.3, 0.4) is 0 Å². The van der Waals surface area contributed by atoms with Crippen molar-refractivity contribution in [3.8, 4) is 0 Å². The Labute approximate surface area is 69.9 Å². The van der Waals surface area contributed by atoms with Crippen molar-refractivity contribution in [1.82, 2.24) is 14.8 Å². The summed E-state index contributed by atoms with van der Waals surface area (Å²) in [6.07, 6.45) is -0.567. The lowest BCUT2D eigenvalue weighted by atomic mass is 10.4. The van der Waals surface area contributed by atoms with Crippen LogP contribution in [0.1, 0.15) is 25.8 Å². The molecule has 0 unspecified atom stereocenters. The number of aromatic nitrogens is 3. The van der Waals surface area contributed by atoms with E-state index in [1.807, 2.05) is 6.92 Å². The van der Waals surface area contributed by atoms with E-state index in [2.05, 4.69) is 10.2 Å². The first-order chi connectivity index (χ1) is 5.16. The lowest BCUT2D eigenvalue weighted by molar-refractivity contribution is 0.183. The number of aliphatic hydroxyl groups excluding tert-OH is 1. The van der Waals surface area contributed by atoms with Gasteiger partial charge in [0.1, 0.15) is 6.10 Å². The van der Waals surface area contributed by atoms with Crippen LogP contribution < -0.4 is 0 Å². The molecule has 1 aromatic rings. The van der Waals surface area contributed by atoms with Crippen molar-refractivity contribution in [2.75, 3.05) is 0 Å². The Bertz CT molecular complexity index is 288. The minimum atomic E-state index is -0.567. The monoisotopic (exact) mass is 173 g/mol. The topological polar surface area (TPSA) is 53.8 Å². The number of hydrogen-bond donors (Lipinski definition) is 2. The van der Waals surface area contributed by atoms with Crippen molar-refractivity contribution in [3.63, 3.8) is 0 Å². The Balaban J connectivity index is 3.16. The fourth-order valence-electron chi connectivity index (χ4n) is 0.954. The van der Waals surface area contributed by atoms with E-state index in [1.165, 1.54) is 0 Å². The van der Waals surface area contributed by atoms with Crippen LogP contribution in [0.5, 0.6) is 0 Å². The fraction of sp³-hybridized carbons (Fsp3) is 0.667. The predicted molar refractivity (Wildman–Crippen MR) is 43.7 cm³/mol. The van der Waals surface area contributed by atoms with Crippen molar-refractivity contribution in [2.45, 2.75) is 26.5 Å². The molecule has 0 aliphatic rings. The van der Waals surface area contributed by atoms with Crippen LogP contribution >= 0.6 is 12.2 Å². The van der Waals surface area contributed by atoms with Gasteiger partial charge < -0.3 is 9.67 Å². The van der Waals surface area contributed by atoms with Gasteiger partial charge in [0, 0.05) is 6.54 Å². The predicted octanol–water partition coefficient (Wildman–Crippen LogP) is 1.01. The number of aromatic amines is 1. The summed E-state index contributed by atoms with van der Waals surface area (Å²) < 4.78 is 2.32. The van der Waals surface area contributed by atoms with E-state index in [9.17, 15) is 5.11 Å². The molecule has 1 heterocycles. The summed E-state index contributed by atoms with van der Waals surface area (Å²) in [5.41, 5.74) is 0. The average Bonchev–Trinajstić information content (AvgIpc) is 2.30. The van der Waals surface area contributed by atoms with Crippen LogP contribution in [-0.2, 0) is 6.54 Å². The summed E-state index contributed by atoms with van der Waals surface area (Å²) in [5.74, 6) is 0.595. The summed E-state index contributed by atoms with van der Waals surface area (Å²) >= 11 is 4.93. The first-order valence-corrected chi connectivity index (χ1v) is 3.90. The molecule has 0 saturated carbocycles. The maximum atomic E-state index is 9.20. The fourth-order valence-corrected chi connectivity index (χ4v) is 1.22. The minimum Gasteiger partial charge on any atom is -0.385 e. The third-order valence-corrected chi connectivity index (χ3v) is 1.79. The number of H-pyrrole nitrogens is 1. The molecular formula is C6H11N3OS. The number of hydrogen-bond acceptors (Lipinski definition) is 3. The molecule has 2 N–H and O–H groups in total. The van der Waals surface area contributed by atoms with Crippen molar-refractivity contribution >= 4 is 12.2 Å². The molecule has 0 radical (unpaired) electrons. The third-order valence-electron chi connectivity index (χ3n) is 1.48. The van der Waals surface area contributed by atoms with E-state index in [4.69, 9.17) is 12.2 Å². The Morgan fingerprint density at radius 1 is 1.82 bits per heavy atom. The summed E-state index contributed by atoms with van der Waals surface area (Å²) in [7, 11) is 0. The van der Waals surface area contributed by atoms with Crippen LogP contribution in [0, 0.1) is 4.77 Å². The first kappa shape index (κ1) is 8.42. The molecule has 1 atom stereocenters. The molecule has 5 heteroatoms. The van der Waals surface area contributed by atoms with Gasteiger partial charge in [0.25, 0.3) is 0 Å². The van der Waals surface area contributed by atoms with Crippen LogP contribution in [0.25, 0.3) is 0 Å². The number of nitrogens with zero attached hydrogens (tertiary/aromatic N) is 2. The second-order valence-corrected chi connectivity index (χ2v) is 2.69. The van der Waals surface area contributed by atoms with Gasteiger partial charge in [-0.05, 0) is 26.1 Å². The Morgan fingerprint density at radius 2 is 2.45 bits per heavy atom. The summed E-state index contributed by atoms with van der Waals surface area (Å²) in [4.78, 5) is 0. The van der Waals surface area contributed by atoms with Crippen LogP contribution in [0.4, 0.5) is 0 Å². The van der Waals surface area contributed by atoms with Crippen LogP contribution in [0.15, 0.2) is 0 Å². The molecule has 62 valence electrons. The normalized spacial score (nSPS) is 13.4. The van der Waals surface area contributed by atoms with Crippen molar-refractivity contribution in [2.24, 2.45) is 0 Å². The van der Waals surface area contributed by atoms with E-state index < -0.39 is 6.10 Å². The van der Waals surface area contributed by atoms with Crippen molar-refractivity contribution < 1.29 is 5.11 Å². The third kappa shape index (κ3) is 1.49. The maximum absolute atomic E-state index is 9.20. The highest BCUT2D eigenvalue weighted by Gasteiger charge is 2.08. The zero-order chi connectivity index (χ0) is 8.43. The van der Waals surface area contributed by atoms with Gasteiger partial charge >= 0.3 is 0 Å². The SMILES string of the molecule is CCn1c([C@H](C)O)n[nH]c1=S. The second-order valence-electron chi connectivity index (χ2n) is 2.31. The van der Waals surface area contributed by atoms with Crippen LogP contribution in [-0.4, -0.2) is 19.9 Å². The number of nitrogens with one attached hydrogen (secondary N) is 1. The molecule has 0 aromatic carbocycles. The molecule has 0 aliphatic heterocycles. The van der Waals surface area contributed by atoms with Gasteiger partial charge in [-0.1, -0.05) is 0 Å². The molecular weight excluding hydrogens is 162 g/mol. The summed E-state index contributed by atoms with van der Waals surface area (Å²) in [5, 5.41) is 15.7. The molecule has 11 heavy (non-hydrogen) atoms. The Hall–Kier alpha value is -0.680. The van der Waals surface area contributed by atoms with Gasteiger partial charge in [-0.2, -0.15) is 5.10 Å². The van der Waals surface area contributed by atoms with Gasteiger partial charge in [-0.25, -0.2) is 0 Å². The largest absolute Gasteiger partial charge is 0.385 e. The highest BCUT2D eigenvalue weighted by molar-refractivity contribution is 7.71. The highest BCUT2D eigenvalue weighted by atomic mass is 32.1. The first-order valence-electron chi connectivity index (χ1n) is 3.50. The van der Waals surface area contributed by atoms with Gasteiger partial charge in [0.2, 0.25) is 0 Å². The molecule has 1 rings (SSSR count).